The van der Waals surface area contributed by atoms with Gasteiger partial charge in [-0.1, -0.05) is 18.2 Å². The second-order valence-electron chi connectivity index (χ2n) is 7.19. The fraction of sp³-hybridized carbons (Fsp3) is 0.409. The first-order valence-corrected chi connectivity index (χ1v) is 11.1. The van der Waals surface area contributed by atoms with E-state index in [1.54, 1.807) is 18.0 Å². The number of hydrogen-bond acceptors (Lipinski definition) is 5. The van der Waals surface area contributed by atoms with Crippen molar-refractivity contribution < 1.29 is 14.3 Å². The van der Waals surface area contributed by atoms with Crippen LogP contribution in [0.25, 0.3) is 11.3 Å². The molecule has 2 amide bonds. The smallest absolute Gasteiger partial charge is 0.242 e. The first-order valence-electron chi connectivity index (χ1n) is 9.74. The van der Waals surface area contributed by atoms with Crippen molar-refractivity contribution in [2.75, 3.05) is 18.6 Å². The third-order valence-corrected chi connectivity index (χ3v) is 5.55. The van der Waals surface area contributed by atoms with Crippen molar-refractivity contribution in [2.24, 2.45) is 0 Å². The predicted octanol–water partition coefficient (Wildman–Crippen LogP) is 2.73. The first-order chi connectivity index (χ1) is 14.0. The van der Waals surface area contributed by atoms with Crippen LogP contribution in [0.4, 0.5) is 0 Å². The fourth-order valence-corrected chi connectivity index (χ4v) is 3.97. The van der Waals surface area contributed by atoms with Gasteiger partial charge in [0.1, 0.15) is 17.9 Å². The van der Waals surface area contributed by atoms with Gasteiger partial charge in [0.25, 0.3) is 0 Å². The number of nitrogens with zero attached hydrogens (tertiary/aromatic N) is 1. The Kier molecular flexibility index (Phi) is 7.14. The molecule has 0 saturated carbocycles. The van der Waals surface area contributed by atoms with E-state index >= 15 is 0 Å². The maximum Gasteiger partial charge on any atom is 0.242 e. The zero-order chi connectivity index (χ0) is 20.8. The number of aromatic nitrogens is 1. The highest BCUT2D eigenvalue weighted by molar-refractivity contribution is 7.98. The van der Waals surface area contributed by atoms with Crippen molar-refractivity contribution in [3.8, 4) is 17.0 Å². The van der Waals surface area contributed by atoms with Crippen molar-refractivity contribution in [1.29, 1.82) is 0 Å². The topological polar surface area (TPSA) is 80.3 Å². The molecule has 29 heavy (non-hydrogen) atoms. The van der Waals surface area contributed by atoms with Gasteiger partial charge in [-0.25, -0.2) is 0 Å². The van der Waals surface area contributed by atoms with Gasteiger partial charge in [0.05, 0.1) is 12.2 Å². The van der Waals surface area contributed by atoms with Crippen LogP contribution in [0.5, 0.6) is 5.75 Å². The van der Waals surface area contributed by atoms with E-state index in [1.807, 2.05) is 37.4 Å². The molecule has 2 atom stereocenters. The zero-order valence-electron chi connectivity index (χ0n) is 17.0. The number of amides is 2. The molecule has 2 heterocycles. The third kappa shape index (κ3) is 5.29. The molecular formula is C22H27N3O3S. The molecule has 3 rings (SSSR count). The number of carbonyl (C=O) groups excluding carboxylic acids is 2. The molecule has 0 unspecified atom stereocenters. The average molecular weight is 414 g/mol. The lowest BCUT2D eigenvalue weighted by Gasteiger charge is -2.19. The van der Waals surface area contributed by atoms with Crippen LogP contribution in [0.1, 0.15) is 24.5 Å². The van der Waals surface area contributed by atoms with Gasteiger partial charge in [-0.05, 0) is 48.6 Å². The summed E-state index contributed by atoms with van der Waals surface area (Å²) in [4.78, 5) is 28.5. The number of fused-ring (bicyclic) bond motifs is 1. The predicted molar refractivity (Wildman–Crippen MR) is 116 cm³/mol. The summed E-state index contributed by atoms with van der Waals surface area (Å²) < 4.78 is 6.19. The molecule has 6 nitrogen and oxygen atoms in total. The van der Waals surface area contributed by atoms with Crippen LogP contribution in [0.3, 0.4) is 0 Å². The minimum Gasteiger partial charge on any atom is -0.487 e. The molecule has 1 aliphatic heterocycles. The molecule has 0 fully saturated rings. The fourth-order valence-electron chi connectivity index (χ4n) is 3.49. The van der Waals surface area contributed by atoms with E-state index in [0.717, 1.165) is 40.3 Å². The first kappa shape index (κ1) is 21.2. The Bertz CT molecular complexity index is 887. The van der Waals surface area contributed by atoms with Crippen LogP contribution in [0.15, 0.2) is 36.5 Å². The van der Waals surface area contributed by atoms with E-state index in [-0.39, 0.29) is 17.9 Å². The normalized spacial score (nSPS) is 15.9. The zero-order valence-corrected chi connectivity index (χ0v) is 17.8. The number of nitrogens with one attached hydrogen (secondary N) is 2. The molecule has 2 N–H and O–H groups in total. The van der Waals surface area contributed by atoms with Gasteiger partial charge in [0.15, 0.2) is 0 Å². The number of ether oxygens (including phenoxy) is 1. The summed E-state index contributed by atoms with van der Waals surface area (Å²) in [5.74, 6) is 1.27. The van der Waals surface area contributed by atoms with Crippen LogP contribution in [-0.2, 0) is 16.0 Å². The SMILES string of the molecule is CSCC[C@H](NC(C)=O)C(=O)NC[C@H]1Cc2cccc(-c3ncccc3C)c2O1. The minimum absolute atomic E-state index is 0.141. The molecule has 0 aliphatic carbocycles. The van der Waals surface area contributed by atoms with E-state index < -0.39 is 6.04 Å². The molecule has 0 saturated heterocycles. The lowest BCUT2D eigenvalue weighted by Crippen LogP contribution is -2.48. The maximum absolute atomic E-state index is 12.5. The second kappa shape index (κ2) is 9.78. The number of pyridine rings is 1. The van der Waals surface area contributed by atoms with Crippen LogP contribution in [0, 0.1) is 6.92 Å². The molecule has 0 spiro atoms. The van der Waals surface area contributed by atoms with Gasteiger partial charge in [-0.2, -0.15) is 11.8 Å². The van der Waals surface area contributed by atoms with Crippen molar-refractivity contribution in [2.45, 2.75) is 38.8 Å². The summed E-state index contributed by atoms with van der Waals surface area (Å²) >= 11 is 1.65. The maximum atomic E-state index is 12.5. The molecule has 0 bridgehead atoms. The monoisotopic (exact) mass is 413 g/mol. The van der Waals surface area contributed by atoms with E-state index in [2.05, 4.69) is 21.7 Å². The Morgan fingerprint density at radius 2 is 2.14 bits per heavy atom. The Morgan fingerprint density at radius 1 is 1.31 bits per heavy atom. The van der Waals surface area contributed by atoms with Crippen LogP contribution in [-0.4, -0.2) is 47.5 Å². The van der Waals surface area contributed by atoms with Crippen molar-refractivity contribution in [3.05, 3.63) is 47.7 Å². The van der Waals surface area contributed by atoms with E-state index in [0.29, 0.717) is 13.0 Å². The summed E-state index contributed by atoms with van der Waals surface area (Å²) in [7, 11) is 0. The van der Waals surface area contributed by atoms with Gasteiger partial charge < -0.3 is 15.4 Å². The Labute approximate surface area is 175 Å². The van der Waals surface area contributed by atoms with Gasteiger partial charge in [-0.15, -0.1) is 0 Å². The number of benzene rings is 1. The second-order valence-corrected chi connectivity index (χ2v) is 8.17. The van der Waals surface area contributed by atoms with E-state index in [1.165, 1.54) is 6.92 Å². The highest BCUT2D eigenvalue weighted by Gasteiger charge is 2.28. The Balaban J connectivity index is 1.65. The number of rotatable bonds is 8. The lowest BCUT2D eigenvalue weighted by molar-refractivity contribution is -0.128. The molecule has 1 aliphatic rings. The minimum atomic E-state index is -0.518. The quantitative estimate of drug-likeness (QED) is 0.696. The molecule has 1 aromatic carbocycles. The van der Waals surface area contributed by atoms with E-state index in [4.69, 9.17) is 4.74 Å². The van der Waals surface area contributed by atoms with Gasteiger partial charge >= 0.3 is 0 Å². The number of hydrogen-bond donors (Lipinski definition) is 2. The summed E-state index contributed by atoms with van der Waals surface area (Å²) in [5, 5.41) is 5.67. The molecule has 1 aromatic heterocycles. The average Bonchev–Trinajstić information content (AvgIpc) is 3.12. The standard InChI is InChI=1S/C22H27N3O3S/c1-14-6-5-10-23-20(14)18-8-4-7-16-12-17(28-21(16)18)13-24-22(27)19(9-11-29-3)25-15(2)26/h4-8,10,17,19H,9,11-13H2,1-3H3,(H,24,27)(H,25,26)/t17-,19+/m1/s1. The summed E-state index contributed by atoms with van der Waals surface area (Å²) in [6, 6.07) is 9.52. The van der Waals surface area contributed by atoms with Gasteiger partial charge in [0, 0.05) is 25.1 Å². The third-order valence-electron chi connectivity index (χ3n) is 4.90. The number of carbonyl (C=O) groups is 2. The molecule has 0 radical (unpaired) electrons. The van der Waals surface area contributed by atoms with Crippen molar-refractivity contribution in [3.63, 3.8) is 0 Å². The largest absolute Gasteiger partial charge is 0.487 e. The number of thioether (sulfide) groups is 1. The summed E-state index contributed by atoms with van der Waals surface area (Å²) in [5.41, 5.74) is 4.10. The molecule has 2 aromatic rings. The lowest BCUT2D eigenvalue weighted by atomic mass is 10.0. The van der Waals surface area contributed by atoms with Gasteiger partial charge in [0.2, 0.25) is 11.8 Å². The molecule has 7 heteroatoms. The number of aryl methyl sites for hydroxylation is 1. The number of para-hydroxylation sites is 1. The Morgan fingerprint density at radius 3 is 2.86 bits per heavy atom. The van der Waals surface area contributed by atoms with Crippen LogP contribution < -0.4 is 15.4 Å². The molecule has 154 valence electrons. The van der Waals surface area contributed by atoms with Crippen molar-refractivity contribution in [1.82, 2.24) is 15.6 Å². The van der Waals surface area contributed by atoms with Gasteiger partial charge in [-0.3, -0.25) is 14.6 Å². The Hall–Kier alpha value is -2.54. The van der Waals surface area contributed by atoms with Crippen LogP contribution >= 0.6 is 11.8 Å². The summed E-state index contributed by atoms with van der Waals surface area (Å²) in [6.07, 6.45) is 4.95. The molecular weight excluding hydrogens is 386 g/mol. The summed E-state index contributed by atoms with van der Waals surface area (Å²) in [6.45, 7) is 3.85. The highest BCUT2D eigenvalue weighted by Crippen LogP contribution is 2.38. The van der Waals surface area contributed by atoms with Crippen LogP contribution in [0.2, 0.25) is 0 Å². The highest BCUT2D eigenvalue weighted by atomic mass is 32.2. The van der Waals surface area contributed by atoms with Crippen molar-refractivity contribution >= 4 is 23.6 Å². The van der Waals surface area contributed by atoms with E-state index in [9.17, 15) is 9.59 Å².